The molecule has 2 saturated heterocycles. The summed E-state index contributed by atoms with van der Waals surface area (Å²) in [7, 11) is 0. The third-order valence-electron chi connectivity index (χ3n) is 8.85. The number of aromatic nitrogens is 4. The second-order valence-corrected chi connectivity index (χ2v) is 12.0. The van der Waals surface area contributed by atoms with Gasteiger partial charge in [0.05, 0.1) is 12.7 Å². The number of benzene rings is 2. The van der Waals surface area contributed by atoms with E-state index in [4.69, 9.17) is 4.98 Å². The third kappa shape index (κ3) is 6.10. The summed E-state index contributed by atoms with van der Waals surface area (Å²) in [5.41, 5.74) is 3.22. The standard InChI is InChI=1S/C33H35F3N6O2/c34-33(35,36)44-28-10-6-9-24(19-28)31-38-29(25-20-37-41(22-25)21-23-7-2-1-3-8-23)30(42(31)27-11-12-27)32(43)40-17-13-26(14-18-40)39-15-4-5-16-39/h1-3,6-10,19-20,22,26-27H,4-5,11-18,21H2. The van der Waals surface area contributed by atoms with Gasteiger partial charge in [0.15, 0.2) is 0 Å². The number of piperidine rings is 1. The molecule has 11 heteroatoms. The van der Waals surface area contributed by atoms with Crippen LogP contribution >= 0.6 is 0 Å². The van der Waals surface area contributed by atoms with E-state index in [0.717, 1.165) is 44.3 Å². The second-order valence-electron chi connectivity index (χ2n) is 12.0. The number of carbonyl (C=O) groups excluding carboxylic acids is 1. The van der Waals surface area contributed by atoms with Gasteiger partial charge >= 0.3 is 6.36 Å². The van der Waals surface area contributed by atoms with Crippen LogP contribution in [-0.2, 0) is 6.54 Å². The zero-order valence-corrected chi connectivity index (χ0v) is 24.4. The molecule has 1 amide bonds. The number of rotatable bonds is 8. The molecule has 0 unspecified atom stereocenters. The van der Waals surface area contributed by atoms with Gasteiger partial charge < -0.3 is 19.1 Å². The highest BCUT2D eigenvalue weighted by Gasteiger charge is 2.38. The fraction of sp³-hybridized carbons (Fsp3) is 0.424. The van der Waals surface area contributed by atoms with Crippen LogP contribution in [-0.4, -0.2) is 73.6 Å². The lowest BCUT2D eigenvalue weighted by Crippen LogP contribution is -2.46. The fourth-order valence-corrected chi connectivity index (χ4v) is 6.60. The summed E-state index contributed by atoms with van der Waals surface area (Å²) in [5.74, 6) is 0.0414. The minimum Gasteiger partial charge on any atom is -0.406 e. The molecular formula is C33H35F3N6O2. The molecule has 2 aromatic carbocycles. The van der Waals surface area contributed by atoms with Gasteiger partial charge in [0.2, 0.25) is 0 Å². The summed E-state index contributed by atoms with van der Waals surface area (Å²) in [6.45, 7) is 4.13. The highest BCUT2D eigenvalue weighted by atomic mass is 19.4. The van der Waals surface area contributed by atoms with E-state index in [1.165, 1.54) is 31.0 Å². The molecule has 4 heterocycles. The maximum atomic E-state index is 14.4. The first kappa shape index (κ1) is 28.6. The second kappa shape index (κ2) is 11.8. The number of hydrogen-bond donors (Lipinski definition) is 0. The Bertz CT molecular complexity index is 1610. The molecule has 3 fully saturated rings. The zero-order chi connectivity index (χ0) is 30.3. The molecule has 4 aromatic rings. The van der Waals surface area contributed by atoms with Crippen LogP contribution in [0, 0.1) is 0 Å². The number of amides is 1. The number of imidazole rings is 1. The first-order valence-corrected chi connectivity index (χ1v) is 15.4. The molecule has 1 aliphatic carbocycles. The van der Waals surface area contributed by atoms with Crippen molar-refractivity contribution in [1.82, 2.24) is 29.1 Å². The molecule has 2 aromatic heterocycles. The van der Waals surface area contributed by atoms with Crippen molar-refractivity contribution in [2.45, 2.75) is 63.5 Å². The predicted molar refractivity (Wildman–Crippen MR) is 159 cm³/mol. The maximum absolute atomic E-state index is 14.4. The van der Waals surface area contributed by atoms with Crippen molar-refractivity contribution in [3.8, 4) is 28.4 Å². The van der Waals surface area contributed by atoms with Crippen LogP contribution in [0.3, 0.4) is 0 Å². The Morgan fingerprint density at radius 3 is 2.34 bits per heavy atom. The van der Waals surface area contributed by atoms with Crippen LogP contribution in [0.15, 0.2) is 67.0 Å². The highest BCUT2D eigenvalue weighted by Crippen LogP contribution is 2.43. The zero-order valence-electron chi connectivity index (χ0n) is 24.4. The summed E-state index contributed by atoms with van der Waals surface area (Å²) in [5, 5.41) is 4.57. The smallest absolute Gasteiger partial charge is 0.406 e. The van der Waals surface area contributed by atoms with E-state index in [1.54, 1.807) is 12.3 Å². The number of halogens is 3. The average Bonchev–Trinajstić information content (AvgIpc) is 3.37. The minimum atomic E-state index is -4.81. The highest BCUT2D eigenvalue weighted by molar-refractivity contribution is 5.99. The molecular weight excluding hydrogens is 569 g/mol. The maximum Gasteiger partial charge on any atom is 0.573 e. The number of alkyl halides is 3. The Morgan fingerprint density at radius 2 is 1.64 bits per heavy atom. The molecule has 3 aliphatic rings. The molecule has 0 bridgehead atoms. The van der Waals surface area contributed by atoms with Gasteiger partial charge in [-0.1, -0.05) is 42.5 Å². The van der Waals surface area contributed by atoms with E-state index in [1.807, 2.05) is 50.7 Å². The molecule has 0 radical (unpaired) electrons. The number of carbonyl (C=O) groups is 1. The Balaban J connectivity index is 1.26. The molecule has 2 aliphatic heterocycles. The number of likely N-dealkylation sites (tertiary alicyclic amines) is 2. The Kier molecular flexibility index (Phi) is 7.65. The van der Waals surface area contributed by atoms with Crippen LogP contribution < -0.4 is 4.74 Å². The van der Waals surface area contributed by atoms with Crippen molar-refractivity contribution in [3.05, 3.63) is 78.2 Å². The van der Waals surface area contributed by atoms with E-state index in [9.17, 15) is 18.0 Å². The van der Waals surface area contributed by atoms with Crippen LogP contribution in [0.1, 0.15) is 60.6 Å². The van der Waals surface area contributed by atoms with Crippen molar-refractivity contribution in [2.24, 2.45) is 0 Å². The lowest BCUT2D eigenvalue weighted by Gasteiger charge is -2.36. The SMILES string of the molecule is O=C(c1c(-c2cnn(Cc3ccccc3)c2)nc(-c2cccc(OC(F)(F)F)c2)n1C1CC1)N1CCC(N2CCCC2)CC1. The predicted octanol–water partition coefficient (Wildman–Crippen LogP) is 6.40. The lowest BCUT2D eigenvalue weighted by molar-refractivity contribution is -0.274. The molecule has 44 heavy (non-hydrogen) atoms. The first-order valence-electron chi connectivity index (χ1n) is 15.4. The molecule has 1 saturated carbocycles. The molecule has 8 nitrogen and oxygen atoms in total. The van der Waals surface area contributed by atoms with E-state index in [2.05, 4.69) is 14.7 Å². The minimum absolute atomic E-state index is 0.0406. The summed E-state index contributed by atoms with van der Waals surface area (Å²) in [6, 6.07) is 16.3. The van der Waals surface area contributed by atoms with Crippen molar-refractivity contribution in [3.63, 3.8) is 0 Å². The molecule has 0 atom stereocenters. The molecule has 230 valence electrons. The van der Waals surface area contributed by atoms with Crippen LogP contribution in [0.25, 0.3) is 22.6 Å². The van der Waals surface area contributed by atoms with Crippen molar-refractivity contribution < 1.29 is 22.7 Å². The van der Waals surface area contributed by atoms with Crippen LogP contribution in [0.4, 0.5) is 13.2 Å². The Labute approximate surface area is 254 Å². The number of hydrogen-bond acceptors (Lipinski definition) is 5. The van der Waals surface area contributed by atoms with Gasteiger partial charge in [0.25, 0.3) is 5.91 Å². The summed E-state index contributed by atoms with van der Waals surface area (Å²) in [4.78, 5) is 23.9. The van der Waals surface area contributed by atoms with Crippen molar-refractivity contribution >= 4 is 5.91 Å². The molecule has 7 rings (SSSR count). The molecule has 0 N–H and O–H groups in total. The normalized spacial score (nSPS) is 18.2. The quantitative estimate of drug-likeness (QED) is 0.233. The van der Waals surface area contributed by atoms with Gasteiger partial charge in [-0.15, -0.1) is 13.2 Å². The average molecular weight is 605 g/mol. The van der Waals surface area contributed by atoms with Gasteiger partial charge in [0, 0.05) is 42.5 Å². The van der Waals surface area contributed by atoms with E-state index >= 15 is 0 Å². The number of nitrogens with zero attached hydrogens (tertiary/aromatic N) is 6. The Hall–Kier alpha value is -4.12. The number of ether oxygens (including phenoxy) is 1. The Morgan fingerprint density at radius 1 is 0.886 bits per heavy atom. The fourth-order valence-electron chi connectivity index (χ4n) is 6.60. The van der Waals surface area contributed by atoms with E-state index in [0.29, 0.717) is 54.0 Å². The van der Waals surface area contributed by atoms with Gasteiger partial charge in [-0.2, -0.15) is 5.10 Å². The third-order valence-corrected chi connectivity index (χ3v) is 8.85. The van der Waals surface area contributed by atoms with Crippen molar-refractivity contribution in [1.29, 1.82) is 0 Å². The van der Waals surface area contributed by atoms with Crippen LogP contribution in [0.5, 0.6) is 5.75 Å². The largest absolute Gasteiger partial charge is 0.573 e. The van der Waals surface area contributed by atoms with Gasteiger partial charge in [-0.05, 0) is 69.3 Å². The van der Waals surface area contributed by atoms with Gasteiger partial charge in [-0.3, -0.25) is 9.48 Å². The van der Waals surface area contributed by atoms with Crippen molar-refractivity contribution in [2.75, 3.05) is 26.2 Å². The molecule has 0 spiro atoms. The summed E-state index contributed by atoms with van der Waals surface area (Å²) in [6.07, 6.45) is 4.85. The van der Waals surface area contributed by atoms with Crippen LogP contribution in [0.2, 0.25) is 0 Å². The van der Waals surface area contributed by atoms with Gasteiger partial charge in [0.1, 0.15) is 23.0 Å². The van der Waals surface area contributed by atoms with E-state index in [-0.39, 0.29) is 17.7 Å². The van der Waals surface area contributed by atoms with E-state index < -0.39 is 6.36 Å². The van der Waals surface area contributed by atoms with Gasteiger partial charge in [-0.25, -0.2) is 4.98 Å². The monoisotopic (exact) mass is 604 g/mol. The lowest BCUT2D eigenvalue weighted by atomic mass is 10.0. The summed E-state index contributed by atoms with van der Waals surface area (Å²) < 4.78 is 47.2. The summed E-state index contributed by atoms with van der Waals surface area (Å²) >= 11 is 0. The topological polar surface area (TPSA) is 68.4 Å². The first-order chi connectivity index (χ1) is 21.3.